The van der Waals surface area contributed by atoms with E-state index in [0.717, 1.165) is 46.2 Å². The number of amides is 1. The normalized spacial score (nSPS) is 18.6. The molecule has 6 nitrogen and oxygen atoms in total. The van der Waals surface area contributed by atoms with Gasteiger partial charge in [0.15, 0.2) is 16.6 Å². The zero-order chi connectivity index (χ0) is 20.5. The van der Waals surface area contributed by atoms with Gasteiger partial charge in [0.25, 0.3) is 0 Å². The Morgan fingerprint density at radius 1 is 1.20 bits per heavy atom. The van der Waals surface area contributed by atoms with Gasteiger partial charge in [-0.15, -0.1) is 0 Å². The van der Waals surface area contributed by atoms with Gasteiger partial charge in [0.1, 0.15) is 13.2 Å². The van der Waals surface area contributed by atoms with E-state index in [1.807, 2.05) is 42.2 Å². The van der Waals surface area contributed by atoms with E-state index in [0.29, 0.717) is 26.3 Å². The fourth-order valence-electron chi connectivity index (χ4n) is 4.31. The predicted molar refractivity (Wildman–Crippen MR) is 119 cm³/mol. The number of ether oxygens (including phenoxy) is 2. The summed E-state index contributed by atoms with van der Waals surface area (Å²) in [5.41, 5.74) is 2.13. The molecule has 3 heterocycles. The molecule has 0 aliphatic carbocycles. The number of nitrogens with zero attached hydrogens (tertiary/aromatic N) is 3. The zero-order valence-electron chi connectivity index (χ0n) is 17.0. The summed E-state index contributed by atoms with van der Waals surface area (Å²) in [6, 6.07) is 14.4. The molecule has 0 radical (unpaired) electrons. The number of thiazole rings is 1. The van der Waals surface area contributed by atoms with Crippen LogP contribution in [0.2, 0.25) is 0 Å². The first-order valence-electron chi connectivity index (χ1n) is 10.5. The monoisotopic (exact) mass is 423 g/mol. The van der Waals surface area contributed by atoms with Gasteiger partial charge >= 0.3 is 0 Å². The number of benzene rings is 2. The molecule has 2 aliphatic rings. The van der Waals surface area contributed by atoms with Gasteiger partial charge in [-0.25, -0.2) is 4.98 Å². The molecular formula is C23H25N3O3S. The second-order valence-electron chi connectivity index (χ2n) is 7.63. The van der Waals surface area contributed by atoms with E-state index in [1.165, 1.54) is 5.56 Å². The third-order valence-electron chi connectivity index (χ3n) is 5.78. The Kier molecular flexibility index (Phi) is 5.31. The maximum absolute atomic E-state index is 13.2. The quantitative estimate of drug-likeness (QED) is 0.614. The molecule has 5 rings (SSSR count). The lowest BCUT2D eigenvalue weighted by Gasteiger charge is -2.28. The number of fused-ring (bicyclic) bond motifs is 2. The van der Waals surface area contributed by atoms with Crippen molar-refractivity contribution in [2.24, 2.45) is 0 Å². The number of rotatable bonds is 5. The molecule has 0 N–H and O–H groups in total. The van der Waals surface area contributed by atoms with E-state index in [9.17, 15) is 4.79 Å². The number of likely N-dealkylation sites (N-methyl/N-ethyl adjacent to an activating group) is 1. The third-order valence-corrected chi connectivity index (χ3v) is 6.84. The van der Waals surface area contributed by atoms with Crippen molar-refractivity contribution in [1.82, 2.24) is 9.88 Å². The summed E-state index contributed by atoms with van der Waals surface area (Å²) in [7, 11) is 0. The number of anilines is 1. The van der Waals surface area contributed by atoms with Gasteiger partial charge < -0.3 is 9.47 Å². The standard InChI is InChI=1S/C23H25N3O3S/c1-2-26(23-24-17-6-3-4-8-21(17)30-23)22(27)15-25-11-5-7-18(25)16-9-10-19-20(14-16)29-13-12-28-19/h3-4,6,8-10,14,18H,2,5,7,11-13,15H2,1H3. The Morgan fingerprint density at radius 2 is 2.03 bits per heavy atom. The number of para-hydroxylation sites is 1. The minimum Gasteiger partial charge on any atom is -0.486 e. The van der Waals surface area contributed by atoms with Crippen molar-refractivity contribution in [3.8, 4) is 11.5 Å². The molecule has 1 aromatic heterocycles. The lowest BCUT2D eigenvalue weighted by molar-refractivity contribution is -0.119. The Hall–Kier alpha value is -2.64. The Labute approximate surface area is 180 Å². The predicted octanol–water partition coefficient (Wildman–Crippen LogP) is 4.26. The van der Waals surface area contributed by atoms with Gasteiger partial charge in [-0.1, -0.05) is 29.5 Å². The van der Waals surface area contributed by atoms with Crippen LogP contribution in [0.4, 0.5) is 5.13 Å². The first kappa shape index (κ1) is 19.3. The van der Waals surface area contributed by atoms with Gasteiger partial charge in [0, 0.05) is 12.6 Å². The summed E-state index contributed by atoms with van der Waals surface area (Å²) in [5.74, 6) is 1.71. The minimum absolute atomic E-state index is 0.0981. The largest absolute Gasteiger partial charge is 0.486 e. The molecule has 1 unspecified atom stereocenters. The van der Waals surface area contributed by atoms with Gasteiger partial charge in [0.2, 0.25) is 5.91 Å². The van der Waals surface area contributed by atoms with Gasteiger partial charge in [-0.05, 0) is 56.1 Å². The third kappa shape index (κ3) is 3.63. The number of carbonyl (C=O) groups is 1. The number of carbonyl (C=O) groups excluding carboxylic acids is 1. The van der Waals surface area contributed by atoms with Crippen LogP contribution in [0.15, 0.2) is 42.5 Å². The first-order chi connectivity index (χ1) is 14.7. The molecule has 1 saturated heterocycles. The molecule has 2 aliphatic heterocycles. The van der Waals surface area contributed by atoms with E-state index in [4.69, 9.17) is 9.47 Å². The second kappa shape index (κ2) is 8.24. The zero-order valence-corrected chi connectivity index (χ0v) is 17.9. The van der Waals surface area contributed by atoms with Crippen molar-refractivity contribution in [3.05, 3.63) is 48.0 Å². The van der Waals surface area contributed by atoms with E-state index in [2.05, 4.69) is 22.0 Å². The topological polar surface area (TPSA) is 54.9 Å². The Morgan fingerprint density at radius 3 is 2.87 bits per heavy atom. The second-order valence-corrected chi connectivity index (χ2v) is 8.64. The van der Waals surface area contributed by atoms with Crippen LogP contribution in [0.5, 0.6) is 11.5 Å². The highest BCUT2D eigenvalue weighted by Crippen LogP contribution is 2.38. The Balaban J connectivity index is 1.34. The van der Waals surface area contributed by atoms with Crippen LogP contribution in [0.3, 0.4) is 0 Å². The fourth-order valence-corrected chi connectivity index (χ4v) is 5.36. The van der Waals surface area contributed by atoms with Gasteiger partial charge in [-0.2, -0.15) is 0 Å². The van der Waals surface area contributed by atoms with Crippen LogP contribution >= 0.6 is 11.3 Å². The van der Waals surface area contributed by atoms with Crippen LogP contribution in [-0.2, 0) is 4.79 Å². The molecule has 1 fully saturated rings. The lowest BCUT2D eigenvalue weighted by Crippen LogP contribution is -2.40. The van der Waals surface area contributed by atoms with Crippen molar-refractivity contribution in [1.29, 1.82) is 0 Å². The number of hydrogen-bond donors (Lipinski definition) is 0. The molecule has 0 saturated carbocycles. The van der Waals surface area contributed by atoms with E-state index < -0.39 is 0 Å². The summed E-state index contributed by atoms with van der Waals surface area (Å²) in [6.45, 7) is 5.10. The van der Waals surface area contributed by atoms with Gasteiger partial charge in [-0.3, -0.25) is 14.6 Å². The summed E-state index contributed by atoms with van der Waals surface area (Å²) in [5, 5.41) is 0.777. The average molecular weight is 424 g/mol. The summed E-state index contributed by atoms with van der Waals surface area (Å²) in [4.78, 5) is 22.0. The molecule has 1 atom stereocenters. The van der Waals surface area contributed by atoms with E-state index in [-0.39, 0.29) is 11.9 Å². The molecule has 30 heavy (non-hydrogen) atoms. The smallest absolute Gasteiger partial charge is 0.242 e. The van der Waals surface area contributed by atoms with Crippen molar-refractivity contribution in [2.75, 3.05) is 37.7 Å². The number of likely N-dealkylation sites (tertiary alicyclic amines) is 1. The van der Waals surface area contributed by atoms with Crippen molar-refractivity contribution < 1.29 is 14.3 Å². The van der Waals surface area contributed by atoms with Crippen LogP contribution in [0.1, 0.15) is 31.4 Å². The van der Waals surface area contributed by atoms with Crippen LogP contribution in [-0.4, -0.2) is 48.6 Å². The van der Waals surface area contributed by atoms with Gasteiger partial charge in [0.05, 0.1) is 16.8 Å². The molecule has 3 aromatic rings. The summed E-state index contributed by atoms with van der Waals surface area (Å²) < 4.78 is 12.5. The van der Waals surface area contributed by atoms with E-state index >= 15 is 0 Å². The lowest BCUT2D eigenvalue weighted by atomic mass is 10.0. The maximum Gasteiger partial charge on any atom is 0.242 e. The number of aromatic nitrogens is 1. The SMILES string of the molecule is CCN(C(=O)CN1CCCC1c1ccc2c(c1)OCCO2)c1nc2ccccc2s1. The molecule has 7 heteroatoms. The average Bonchev–Trinajstić information content (AvgIpc) is 3.40. The van der Waals surface area contributed by atoms with Crippen LogP contribution in [0, 0.1) is 0 Å². The van der Waals surface area contributed by atoms with Crippen LogP contribution in [0.25, 0.3) is 10.2 Å². The Bertz CT molecular complexity index is 1030. The summed E-state index contributed by atoms with van der Waals surface area (Å²) in [6.07, 6.45) is 2.12. The molecular weight excluding hydrogens is 398 g/mol. The summed E-state index contributed by atoms with van der Waals surface area (Å²) >= 11 is 1.57. The molecule has 1 amide bonds. The maximum atomic E-state index is 13.2. The number of hydrogen-bond acceptors (Lipinski definition) is 6. The minimum atomic E-state index is 0.0981. The molecule has 0 spiro atoms. The van der Waals surface area contributed by atoms with E-state index in [1.54, 1.807) is 11.3 Å². The molecule has 156 valence electrons. The van der Waals surface area contributed by atoms with Crippen LogP contribution < -0.4 is 14.4 Å². The molecule has 0 bridgehead atoms. The highest BCUT2D eigenvalue weighted by atomic mass is 32.1. The van der Waals surface area contributed by atoms with Crippen molar-refractivity contribution in [3.63, 3.8) is 0 Å². The fraction of sp³-hybridized carbons (Fsp3) is 0.391. The highest BCUT2D eigenvalue weighted by molar-refractivity contribution is 7.22. The van der Waals surface area contributed by atoms with Crippen molar-refractivity contribution in [2.45, 2.75) is 25.8 Å². The van der Waals surface area contributed by atoms with Crippen molar-refractivity contribution >= 4 is 32.6 Å². The molecule has 2 aromatic carbocycles. The highest BCUT2D eigenvalue weighted by Gasteiger charge is 2.30. The first-order valence-corrected chi connectivity index (χ1v) is 11.3.